The molecule has 0 aromatic rings. The van der Waals surface area contributed by atoms with Gasteiger partial charge in [-0.3, -0.25) is 9.59 Å². The molecule has 0 aliphatic heterocycles. The summed E-state index contributed by atoms with van der Waals surface area (Å²) in [6.07, 6.45) is 0.894. The van der Waals surface area contributed by atoms with Gasteiger partial charge in [-0.2, -0.15) is 0 Å². The monoisotopic (exact) mass is 186 g/mol. The molecular formula is C10H18O3. The van der Waals surface area contributed by atoms with Crippen LogP contribution in [0.5, 0.6) is 0 Å². The Morgan fingerprint density at radius 3 is 2.15 bits per heavy atom. The quantitative estimate of drug-likeness (QED) is 0.567. The van der Waals surface area contributed by atoms with Crippen molar-refractivity contribution in [1.82, 2.24) is 0 Å². The van der Waals surface area contributed by atoms with Crippen molar-refractivity contribution >= 4 is 11.6 Å². The molecule has 0 fully saturated rings. The van der Waals surface area contributed by atoms with Crippen molar-refractivity contribution in [3.8, 4) is 0 Å². The summed E-state index contributed by atoms with van der Waals surface area (Å²) in [5.74, 6) is 0.411. The van der Waals surface area contributed by atoms with Crippen LogP contribution in [0.25, 0.3) is 0 Å². The zero-order valence-electron chi connectivity index (χ0n) is 8.63. The van der Waals surface area contributed by atoms with Gasteiger partial charge in [0, 0.05) is 18.8 Å². The van der Waals surface area contributed by atoms with E-state index in [1.54, 1.807) is 0 Å². The van der Waals surface area contributed by atoms with Crippen LogP contribution in [0, 0.1) is 5.92 Å². The van der Waals surface area contributed by atoms with E-state index in [9.17, 15) is 9.59 Å². The molecule has 0 aliphatic rings. The normalized spacial score (nSPS) is 10.5. The van der Waals surface area contributed by atoms with Gasteiger partial charge in [0.25, 0.3) is 0 Å². The lowest BCUT2D eigenvalue weighted by atomic mass is 10.1. The van der Waals surface area contributed by atoms with Crippen LogP contribution in [0.3, 0.4) is 0 Å². The van der Waals surface area contributed by atoms with E-state index in [1.807, 2.05) is 13.8 Å². The van der Waals surface area contributed by atoms with Gasteiger partial charge in [-0.05, 0) is 6.92 Å². The summed E-state index contributed by atoms with van der Waals surface area (Å²) < 4.78 is 5.12. The third-order valence-electron chi connectivity index (χ3n) is 1.74. The van der Waals surface area contributed by atoms with Crippen LogP contribution in [0.15, 0.2) is 0 Å². The fourth-order valence-corrected chi connectivity index (χ4v) is 0.779. The summed E-state index contributed by atoms with van der Waals surface area (Å²) in [6, 6.07) is 0. The summed E-state index contributed by atoms with van der Waals surface area (Å²) in [4.78, 5) is 21.6. The third kappa shape index (κ3) is 7.65. The molecule has 76 valence electrons. The topological polar surface area (TPSA) is 43.4 Å². The maximum Gasteiger partial charge on any atom is 0.137 e. The summed E-state index contributed by atoms with van der Waals surface area (Å²) >= 11 is 0. The number of carbonyl (C=O) groups excluding carboxylic acids is 2. The highest BCUT2D eigenvalue weighted by Crippen LogP contribution is 1.98. The van der Waals surface area contributed by atoms with E-state index in [0.717, 1.165) is 0 Å². The van der Waals surface area contributed by atoms with Crippen molar-refractivity contribution in [2.45, 2.75) is 33.6 Å². The standard InChI is InChI=1S/C10H18O3/c1-8(2)10(12)5-7-13-6-4-9(3)11/h8H,4-7H2,1-3H3. The Morgan fingerprint density at radius 1 is 1.15 bits per heavy atom. The summed E-state index contributed by atoms with van der Waals surface area (Å²) in [5.41, 5.74) is 0. The predicted molar refractivity (Wildman–Crippen MR) is 50.6 cm³/mol. The molecule has 0 heterocycles. The first-order valence-corrected chi connectivity index (χ1v) is 4.64. The Bertz CT molecular complexity index is 173. The molecule has 0 aromatic carbocycles. The summed E-state index contributed by atoms with van der Waals surface area (Å²) in [6.45, 7) is 6.14. The number of hydrogen-bond donors (Lipinski definition) is 0. The molecule has 0 bridgehead atoms. The molecular weight excluding hydrogens is 168 g/mol. The van der Waals surface area contributed by atoms with Gasteiger partial charge in [-0.25, -0.2) is 0 Å². The first-order valence-electron chi connectivity index (χ1n) is 4.64. The zero-order chi connectivity index (χ0) is 10.3. The second kappa shape index (κ2) is 6.78. The smallest absolute Gasteiger partial charge is 0.137 e. The third-order valence-corrected chi connectivity index (χ3v) is 1.74. The molecule has 0 aromatic heterocycles. The average Bonchev–Trinajstić information content (AvgIpc) is 2.02. The number of carbonyl (C=O) groups is 2. The van der Waals surface area contributed by atoms with Gasteiger partial charge in [0.1, 0.15) is 11.6 Å². The molecule has 3 nitrogen and oxygen atoms in total. The molecule has 0 aliphatic carbocycles. The van der Waals surface area contributed by atoms with Crippen LogP contribution < -0.4 is 0 Å². The largest absolute Gasteiger partial charge is 0.381 e. The number of ketones is 2. The van der Waals surface area contributed by atoms with Crippen LogP contribution in [-0.2, 0) is 14.3 Å². The van der Waals surface area contributed by atoms with Gasteiger partial charge in [0.05, 0.1) is 13.2 Å². The first kappa shape index (κ1) is 12.3. The Kier molecular flexibility index (Phi) is 6.41. The fourth-order valence-electron chi connectivity index (χ4n) is 0.779. The average molecular weight is 186 g/mol. The minimum Gasteiger partial charge on any atom is -0.381 e. The number of hydrogen-bond acceptors (Lipinski definition) is 3. The lowest BCUT2D eigenvalue weighted by Crippen LogP contribution is -2.11. The highest BCUT2D eigenvalue weighted by atomic mass is 16.5. The van der Waals surface area contributed by atoms with E-state index >= 15 is 0 Å². The lowest BCUT2D eigenvalue weighted by Gasteiger charge is -2.04. The van der Waals surface area contributed by atoms with Crippen LogP contribution in [0.4, 0.5) is 0 Å². The van der Waals surface area contributed by atoms with Gasteiger partial charge >= 0.3 is 0 Å². The Balaban J connectivity index is 3.26. The second-order valence-corrected chi connectivity index (χ2v) is 3.44. The Labute approximate surface area is 79.5 Å². The number of Topliss-reactive ketones (excluding diaryl/α,β-unsaturated/α-hetero) is 2. The zero-order valence-corrected chi connectivity index (χ0v) is 8.63. The minimum atomic E-state index is 0.0800. The van der Waals surface area contributed by atoms with Crippen LogP contribution >= 0.6 is 0 Å². The molecule has 0 amide bonds. The molecule has 0 unspecified atom stereocenters. The predicted octanol–water partition coefficient (Wildman–Crippen LogP) is 1.60. The molecule has 0 rings (SSSR count). The molecule has 13 heavy (non-hydrogen) atoms. The number of ether oxygens (including phenoxy) is 1. The number of rotatable bonds is 7. The van der Waals surface area contributed by atoms with Gasteiger partial charge in [0.2, 0.25) is 0 Å². The van der Waals surface area contributed by atoms with Crippen molar-refractivity contribution in [2.75, 3.05) is 13.2 Å². The molecule has 0 radical (unpaired) electrons. The van der Waals surface area contributed by atoms with Gasteiger partial charge < -0.3 is 4.74 Å². The van der Waals surface area contributed by atoms with Crippen molar-refractivity contribution in [3.05, 3.63) is 0 Å². The van der Waals surface area contributed by atoms with E-state index in [4.69, 9.17) is 4.74 Å². The van der Waals surface area contributed by atoms with Crippen molar-refractivity contribution in [1.29, 1.82) is 0 Å². The van der Waals surface area contributed by atoms with E-state index < -0.39 is 0 Å². The SMILES string of the molecule is CC(=O)CCOCCC(=O)C(C)C. The fraction of sp³-hybridized carbons (Fsp3) is 0.800. The molecule has 3 heteroatoms. The van der Waals surface area contributed by atoms with Gasteiger partial charge in [-0.1, -0.05) is 13.8 Å². The lowest BCUT2D eigenvalue weighted by molar-refractivity contribution is -0.123. The van der Waals surface area contributed by atoms with Crippen LogP contribution in [0.1, 0.15) is 33.6 Å². The molecule has 0 saturated heterocycles. The van der Waals surface area contributed by atoms with Crippen molar-refractivity contribution in [2.24, 2.45) is 5.92 Å². The van der Waals surface area contributed by atoms with E-state index in [0.29, 0.717) is 26.1 Å². The Morgan fingerprint density at radius 2 is 1.69 bits per heavy atom. The van der Waals surface area contributed by atoms with Crippen molar-refractivity contribution in [3.63, 3.8) is 0 Å². The second-order valence-electron chi connectivity index (χ2n) is 3.44. The summed E-state index contributed by atoms with van der Waals surface area (Å²) in [5, 5.41) is 0. The van der Waals surface area contributed by atoms with Gasteiger partial charge in [-0.15, -0.1) is 0 Å². The van der Waals surface area contributed by atoms with E-state index in [1.165, 1.54) is 6.92 Å². The molecule has 0 saturated carbocycles. The summed E-state index contributed by atoms with van der Waals surface area (Å²) in [7, 11) is 0. The minimum absolute atomic E-state index is 0.0800. The van der Waals surface area contributed by atoms with Crippen LogP contribution in [0.2, 0.25) is 0 Å². The van der Waals surface area contributed by atoms with E-state index in [-0.39, 0.29) is 17.5 Å². The van der Waals surface area contributed by atoms with Gasteiger partial charge in [0.15, 0.2) is 0 Å². The molecule has 0 spiro atoms. The maximum atomic E-state index is 11.1. The maximum absolute atomic E-state index is 11.1. The Hall–Kier alpha value is -0.700. The first-order chi connectivity index (χ1) is 6.04. The van der Waals surface area contributed by atoms with Crippen LogP contribution in [-0.4, -0.2) is 24.8 Å². The molecule has 0 atom stereocenters. The highest BCUT2D eigenvalue weighted by molar-refractivity contribution is 5.80. The van der Waals surface area contributed by atoms with Crippen molar-refractivity contribution < 1.29 is 14.3 Å². The molecule has 0 N–H and O–H groups in total. The highest BCUT2D eigenvalue weighted by Gasteiger charge is 2.06. The van der Waals surface area contributed by atoms with E-state index in [2.05, 4.69) is 0 Å².